The van der Waals surface area contributed by atoms with Crippen molar-refractivity contribution >= 4 is 22.7 Å². The summed E-state index contributed by atoms with van der Waals surface area (Å²) in [4.78, 5) is 16.3. The molecule has 1 atom stereocenters. The van der Waals surface area contributed by atoms with Crippen molar-refractivity contribution in [2.45, 2.75) is 60.0 Å². The molecule has 4 rings (SSSR count). The van der Waals surface area contributed by atoms with Crippen molar-refractivity contribution in [1.29, 1.82) is 0 Å². The number of pyridine rings is 1. The molecule has 2 aromatic carbocycles. The Hall–Kier alpha value is -3.08. The highest BCUT2D eigenvalue weighted by Gasteiger charge is 2.35. The van der Waals surface area contributed by atoms with Crippen molar-refractivity contribution < 1.29 is 14.3 Å². The predicted molar refractivity (Wildman–Crippen MR) is 124 cm³/mol. The summed E-state index contributed by atoms with van der Waals surface area (Å²) in [6.45, 7) is 12.4. The van der Waals surface area contributed by atoms with Crippen LogP contribution in [-0.4, -0.2) is 23.1 Å². The molecule has 0 spiro atoms. The van der Waals surface area contributed by atoms with Gasteiger partial charge in [-0.25, -0.2) is 4.98 Å². The third kappa shape index (κ3) is 3.97. The maximum atomic E-state index is 11.6. The van der Waals surface area contributed by atoms with Crippen LogP contribution in [0.15, 0.2) is 30.3 Å². The van der Waals surface area contributed by atoms with Gasteiger partial charge in [0, 0.05) is 17.9 Å². The first-order valence-electron chi connectivity index (χ1n) is 10.8. The second-order valence-corrected chi connectivity index (χ2v) is 8.85. The van der Waals surface area contributed by atoms with Gasteiger partial charge in [-0.2, -0.15) is 0 Å². The molecule has 1 unspecified atom stereocenters. The van der Waals surface area contributed by atoms with E-state index in [0.717, 1.165) is 52.2 Å². The minimum absolute atomic E-state index is 0.297. The number of anilines is 1. The van der Waals surface area contributed by atoms with E-state index in [2.05, 4.69) is 31.3 Å². The zero-order valence-corrected chi connectivity index (χ0v) is 19.2. The van der Waals surface area contributed by atoms with E-state index in [-0.39, 0.29) is 11.6 Å². The van der Waals surface area contributed by atoms with E-state index in [1.165, 1.54) is 17.9 Å². The van der Waals surface area contributed by atoms with Crippen LogP contribution in [0.2, 0.25) is 0 Å². The molecule has 162 valence electrons. The number of carbonyl (C=O) groups is 1. The van der Waals surface area contributed by atoms with Crippen LogP contribution in [0.3, 0.4) is 0 Å². The highest BCUT2D eigenvalue weighted by molar-refractivity contribution is 5.83. The van der Waals surface area contributed by atoms with Crippen LogP contribution in [0, 0.1) is 27.7 Å². The smallest absolute Gasteiger partial charge is 0.308 e. The Balaban J connectivity index is 1.58. The number of esters is 1. The van der Waals surface area contributed by atoms with Crippen LogP contribution in [0.4, 0.5) is 5.82 Å². The molecule has 0 aliphatic carbocycles. The summed E-state index contributed by atoms with van der Waals surface area (Å²) < 4.78 is 12.1. The molecule has 0 saturated carbocycles. The van der Waals surface area contributed by atoms with E-state index in [4.69, 9.17) is 14.5 Å². The number of aryl methyl sites for hydroxylation is 1. The number of nitrogens with one attached hydrogen (secondary N) is 1. The van der Waals surface area contributed by atoms with Gasteiger partial charge in [0.2, 0.25) is 0 Å². The molecule has 5 nitrogen and oxygen atoms in total. The molecule has 0 radical (unpaired) electrons. The number of fused-ring (bicyclic) bond motifs is 2. The van der Waals surface area contributed by atoms with Crippen LogP contribution in [0.1, 0.15) is 48.1 Å². The van der Waals surface area contributed by atoms with Crippen LogP contribution >= 0.6 is 0 Å². The van der Waals surface area contributed by atoms with Crippen LogP contribution in [0.25, 0.3) is 10.9 Å². The minimum Gasteiger partial charge on any atom is -0.485 e. The Morgan fingerprint density at radius 3 is 2.65 bits per heavy atom. The summed E-state index contributed by atoms with van der Waals surface area (Å²) in [6.07, 6.45) is 1.74. The fraction of sp³-hybridized carbons (Fsp3) is 0.385. The van der Waals surface area contributed by atoms with Gasteiger partial charge in [0.05, 0.1) is 12.1 Å². The summed E-state index contributed by atoms with van der Waals surface area (Å²) in [5, 5.41) is 4.67. The van der Waals surface area contributed by atoms with E-state index in [1.54, 1.807) is 0 Å². The Kier molecular flexibility index (Phi) is 5.38. The zero-order valence-electron chi connectivity index (χ0n) is 19.2. The first-order chi connectivity index (χ1) is 14.7. The summed E-state index contributed by atoms with van der Waals surface area (Å²) in [7, 11) is 0. The van der Waals surface area contributed by atoms with Gasteiger partial charge in [-0.3, -0.25) is 4.79 Å². The lowest BCUT2D eigenvalue weighted by Crippen LogP contribution is -2.43. The number of benzene rings is 2. The number of hydrogen-bond acceptors (Lipinski definition) is 5. The second-order valence-electron chi connectivity index (χ2n) is 8.85. The molecule has 2 heterocycles. The highest BCUT2D eigenvalue weighted by Crippen LogP contribution is 2.43. The first kappa shape index (κ1) is 21.2. The van der Waals surface area contributed by atoms with Gasteiger partial charge in [0.1, 0.15) is 22.9 Å². The number of nitrogens with zero attached hydrogens (tertiary/aromatic N) is 1. The molecule has 0 fully saturated rings. The van der Waals surface area contributed by atoms with Gasteiger partial charge in [0.15, 0.2) is 0 Å². The lowest BCUT2D eigenvalue weighted by molar-refractivity contribution is -0.132. The van der Waals surface area contributed by atoms with E-state index in [9.17, 15) is 4.79 Å². The quantitative estimate of drug-likeness (QED) is 0.442. The van der Waals surface area contributed by atoms with Gasteiger partial charge < -0.3 is 14.8 Å². The third-order valence-electron chi connectivity index (χ3n) is 6.38. The van der Waals surface area contributed by atoms with Crippen molar-refractivity contribution in [1.82, 2.24) is 4.98 Å². The Morgan fingerprint density at radius 1 is 1.16 bits per heavy atom. The lowest BCUT2D eigenvalue weighted by Gasteiger charge is -2.38. The van der Waals surface area contributed by atoms with Crippen LogP contribution in [-0.2, 0) is 11.2 Å². The summed E-state index contributed by atoms with van der Waals surface area (Å²) in [5.74, 6) is 2.16. The second kappa shape index (κ2) is 7.88. The summed E-state index contributed by atoms with van der Waals surface area (Å²) >= 11 is 0. The predicted octanol–water partition coefficient (Wildman–Crippen LogP) is 5.59. The maximum Gasteiger partial charge on any atom is 0.308 e. The number of hydrogen-bond donors (Lipinski definition) is 1. The Labute approximate surface area is 183 Å². The average Bonchev–Trinajstić information content (AvgIpc) is 2.74. The fourth-order valence-electron chi connectivity index (χ4n) is 4.42. The van der Waals surface area contributed by atoms with E-state index in [0.29, 0.717) is 12.3 Å². The topological polar surface area (TPSA) is 60.5 Å². The highest BCUT2D eigenvalue weighted by atomic mass is 16.5. The van der Waals surface area contributed by atoms with Gasteiger partial charge in [0.25, 0.3) is 0 Å². The Morgan fingerprint density at radius 2 is 1.90 bits per heavy atom. The molecule has 0 bridgehead atoms. The van der Waals surface area contributed by atoms with Crippen molar-refractivity contribution in [2.75, 3.05) is 11.9 Å². The summed E-state index contributed by atoms with van der Waals surface area (Å²) in [6, 6.07) is 10.3. The molecule has 5 heteroatoms. The van der Waals surface area contributed by atoms with Crippen molar-refractivity contribution in [2.24, 2.45) is 0 Å². The van der Waals surface area contributed by atoms with Gasteiger partial charge in [-0.05, 0) is 81.8 Å². The van der Waals surface area contributed by atoms with Crippen molar-refractivity contribution in [3.05, 3.63) is 58.1 Å². The lowest BCUT2D eigenvalue weighted by atomic mass is 9.87. The third-order valence-corrected chi connectivity index (χ3v) is 6.38. The molecule has 0 amide bonds. The number of carbonyl (C=O) groups excluding carboxylic acids is 1. The minimum atomic E-state index is -0.360. The standard InChI is InChI=1S/C26H30N2O3/c1-15-13-23(28-22-10-8-7-9-20(15)22)27-14-26(6)12-11-21-18(4)24(30-19(5)29)16(2)17(3)25(21)31-26/h7-10,13H,11-12,14H2,1-6H3,(H,27,28). The first-order valence-corrected chi connectivity index (χ1v) is 10.8. The van der Waals surface area contributed by atoms with Crippen molar-refractivity contribution in [3.63, 3.8) is 0 Å². The monoisotopic (exact) mass is 418 g/mol. The molecule has 3 aromatic rings. The van der Waals surface area contributed by atoms with Crippen molar-refractivity contribution in [3.8, 4) is 11.5 Å². The molecular weight excluding hydrogens is 388 g/mol. The van der Waals surface area contributed by atoms with E-state index in [1.807, 2.05) is 39.0 Å². The summed E-state index contributed by atoms with van der Waals surface area (Å²) in [5.41, 5.74) is 5.95. The Bertz CT molecular complexity index is 1190. The molecule has 31 heavy (non-hydrogen) atoms. The molecule has 1 aliphatic heterocycles. The molecular formula is C26H30N2O3. The van der Waals surface area contributed by atoms with Crippen LogP contribution < -0.4 is 14.8 Å². The number of ether oxygens (including phenoxy) is 2. The van der Waals surface area contributed by atoms with E-state index < -0.39 is 0 Å². The maximum absolute atomic E-state index is 11.6. The molecule has 1 aromatic heterocycles. The molecule has 0 saturated heterocycles. The number of rotatable bonds is 4. The largest absolute Gasteiger partial charge is 0.485 e. The van der Waals surface area contributed by atoms with Gasteiger partial charge >= 0.3 is 5.97 Å². The molecule has 1 N–H and O–H groups in total. The average molecular weight is 419 g/mol. The SMILES string of the molecule is CC(=O)Oc1c(C)c(C)c2c(c1C)CCC(C)(CNc1cc(C)c3ccccc3n1)O2. The zero-order chi connectivity index (χ0) is 22.3. The number of aromatic nitrogens is 1. The fourth-order valence-corrected chi connectivity index (χ4v) is 4.42. The normalized spacial score (nSPS) is 17.7. The molecule has 1 aliphatic rings. The van der Waals surface area contributed by atoms with E-state index >= 15 is 0 Å². The number of para-hydroxylation sites is 1. The van der Waals surface area contributed by atoms with Gasteiger partial charge in [-0.15, -0.1) is 0 Å². The van der Waals surface area contributed by atoms with Crippen LogP contribution in [0.5, 0.6) is 11.5 Å². The van der Waals surface area contributed by atoms with Gasteiger partial charge in [-0.1, -0.05) is 18.2 Å².